The number of fused-ring (bicyclic) bond motifs is 2. The van der Waals surface area contributed by atoms with Gasteiger partial charge < -0.3 is 21.3 Å². The summed E-state index contributed by atoms with van der Waals surface area (Å²) >= 11 is 0. The van der Waals surface area contributed by atoms with E-state index in [9.17, 15) is 0 Å². The first-order valence-corrected chi connectivity index (χ1v) is 18.2. The van der Waals surface area contributed by atoms with Gasteiger partial charge in [-0.05, 0) is 118 Å². The molecule has 6 rings (SSSR count). The summed E-state index contributed by atoms with van der Waals surface area (Å²) in [5.41, 5.74) is 13.0. The second-order valence-electron chi connectivity index (χ2n) is 13.8. The minimum Gasteiger partial charge on any atom is -0.385 e. The molecule has 48 heavy (non-hydrogen) atoms. The molecule has 0 fully saturated rings. The van der Waals surface area contributed by atoms with Crippen molar-refractivity contribution in [3.8, 4) is 0 Å². The number of hydrogen-bond acceptors (Lipinski definition) is 4. The molecule has 0 amide bonds. The lowest BCUT2D eigenvalue weighted by Crippen LogP contribution is -2.33. The van der Waals surface area contributed by atoms with Crippen molar-refractivity contribution in [1.82, 2.24) is 0 Å². The standard InChI is InChI=1S/C21H28N2.C21H26N2.C2H6/c2*1-5-16(3)23-18-13-15(2)20-19(14-18)21(4,11-12-22-20)17-9-7-6-8-10-17;1-2/h6-10,13-14,16,22-23H,5,11-12H2,1-4H3;6-14,16,22-23H,5H2,1-4H3;1-2H3. The zero-order valence-electron chi connectivity index (χ0n) is 31.2. The third kappa shape index (κ3) is 7.92. The normalized spacial score (nSPS) is 20.1. The summed E-state index contributed by atoms with van der Waals surface area (Å²) in [7, 11) is 0. The van der Waals surface area contributed by atoms with Gasteiger partial charge in [0.1, 0.15) is 0 Å². The van der Waals surface area contributed by atoms with Crippen molar-refractivity contribution in [3.63, 3.8) is 0 Å². The number of benzene rings is 4. The molecule has 0 bridgehead atoms. The highest BCUT2D eigenvalue weighted by molar-refractivity contribution is 5.73. The second kappa shape index (κ2) is 16.3. The fourth-order valence-electron chi connectivity index (χ4n) is 6.88. The molecule has 4 unspecified atom stereocenters. The number of nitrogens with one attached hydrogen (secondary N) is 4. The zero-order valence-corrected chi connectivity index (χ0v) is 31.2. The summed E-state index contributed by atoms with van der Waals surface area (Å²) in [5, 5.41) is 14.3. The lowest BCUT2D eigenvalue weighted by atomic mass is 9.70. The Bertz CT molecular complexity index is 1640. The Labute approximate surface area is 291 Å². The molecule has 4 nitrogen and oxygen atoms in total. The van der Waals surface area contributed by atoms with Gasteiger partial charge in [0.05, 0.1) is 0 Å². The first-order valence-electron chi connectivity index (χ1n) is 18.2. The van der Waals surface area contributed by atoms with Crippen molar-refractivity contribution in [2.75, 3.05) is 27.8 Å². The quantitative estimate of drug-likeness (QED) is 0.154. The van der Waals surface area contributed by atoms with Crippen LogP contribution in [0.1, 0.15) is 108 Å². The highest BCUT2D eigenvalue weighted by Crippen LogP contribution is 2.45. The van der Waals surface area contributed by atoms with Crippen LogP contribution in [0, 0.1) is 13.8 Å². The van der Waals surface area contributed by atoms with Gasteiger partial charge >= 0.3 is 0 Å². The van der Waals surface area contributed by atoms with Gasteiger partial charge in [-0.2, -0.15) is 0 Å². The van der Waals surface area contributed by atoms with Gasteiger partial charge in [-0.3, -0.25) is 0 Å². The van der Waals surface area contributed by atoms with Crippen LogP contribution in [0.4, 0.5) is 22.7 Å². The number of allylic oxidation sites excluding steroid dienone is 1. The van der Waals surface area contributed by atoms with E-state index in [0.717, 1.165) is 25.8 Å². The molecule has 0 spiro atoms. The summed E-state index contributed by atoms with van der Waals surface area (Å²) in [6.07, 6.45) is 7.70. The van der Waals surface area contributed by atoms with Crippen molar-refractivity contribution in [2.45, 2.75) is 111 Å². The molecule has 4 aromatic carbocycles. The van der Waals surface area contributed by atoms with Gasteiger partial charge in [-0.25, -0.2) is 0 Å². The molecule has 4 aromatic rings. The minimum atomic E-state index is -0.111. The van der Waals surface area contributed by atoms with Crippen molar-refractivity contribution in [2.24, 2.45) is 0 Å². The average Bonchev–Trinajstić information content (AvgIpc) is 3.11. The van der Waals surface area contributed by atoms with Crippen molar-refractivity contribution in [1.29, 1.82) is 0 Å². The molecule has 4 atom stereocenters. The third-order valence-electron chi connectivity index (χ3n) is 10.2. The Morgan fingerprint density at radius 1 is 0.688 bits per heavy atom. The van der Waals surface area contributed by atoms with Crippen LogP contribution < -0.4 is 21.3 Å². The molecular weight excluding hydrogens is 585 g/mol. The van der Waals surface area contributed by atoms with Gasteiger partial charge in [0.15, 0.2) is 0 Å². The average molecular weight is 645 g/mol. The maximum Gasteiger partial charge on any atom is 0.0455 e. The van der Waals surface area contributed by atoms with E-state index in [2.05, 4.69) is 174 Å². The van der Waals surface area contributed by atoms with E-state index in [0.29, 0.717) is 12.1 Å². The molecule has 2 aliphatic rings. The number of anilines is 4. The van der Waals surface area contributed by atoms with Crippen LogP contribution in [0.5, 0.6) is 0 Å². The predicted octanol–water partition coefficient (Wildman–Crippen LogP) is 11.8. The smallest absolute Gasteiger partial charge is 0.0455 e. The lowest BCUT2D eigenvalue weighted by Gasteiger charge is -2.38. The van der Waals surface area contributed by atoms with Gasteiger partial charge in [-0.1, -0.05) is 101 Å². The second-order valence-corrected chi connectivity index (χ2v) is 13.8. The van der Waals surface area contributed by atoms with Crippen molar-refractivity contribution >= 4 is 22.7 Å². The van der Waals surface area contributed by atoms with Crippen LogP contribution in [0.25, 0.3) is 0 Å². The Hall–Kier alpha value is -4.18. The van der Waals surface area contributed by atoms with Crippen LogP contribution >= 0.6 is 0 Å². The summed E-state index contributed by atoms with van der Waals surface area (Å²) < 4.78 is 0. The molecule has 4 heteroatoms. The largest absolute Gasteiger partial charge is 0.385 e. The van der Waals surface area contributed by atoms with Crippen LogP contribution in [-0.4, -0.2) is 18.6 Å². The van der Waals surface area contributed by atoms with E-state index in [1.54, 1.807) is 0 Å². The lowest BCUT2D eigenvalue weighted by molar-refractivity contribution is 0.521. The summed E-state index contributed by atoms with van der Waals surface area (Å²) in [6, 6.07) is 31.8. The molecule has 256 valence electrons. The SMILES string of the molecule is CC.CCC(C)Nc1cc(C)c2c(c1)C(C)(c1ccccc1)C=CN2.CCC(C)Nc1cc(C)c2c(c1)C(C)(c1ccccc1)CCN2. The Morgan fingerprint density at radius 3 is 1.73 bits per heavy atom. The number of rotatable bonds is 8. The fourth-order valence-corrected chi connectivity index (χ4v) is 6.88. The summed E-state index contributed by atoms with van der Waals surface area (Å²) in [5.74, 6) is 0. The van der Waals surface area contributed by atoms with E-state index in [4.69, 9.17) is 0 Å². The van der Waals surface area contributed by atoms with Crippen LogP contribution in [-0.2, 0) is 10.8 Å². The van der Waals surface area contributed by atoms with E-state index >= 15 is 0 Å². The molecule has 0 aromatic heterocycles. The highest BCUT2D eigenvalue weighted by atomic mass is 14.9. The third-order valence-corrected chi connectivity index (χ3v) is 10.2. The summed E-state index contributed by atoms with van der Waals surface area (Å²) in [6.45, 7) is 23.0. The van der Waals surface area contributed by atoms with Crippen molar-refractivity contribution < 1.29 is 0 Å². The number of aryl methyl sites for hydroxylation is 2. The molecule has 2 heterocycles. The zero-order chi connectivity index (χ0) is 34.9. The van der Waals surface area contributed by atoms with Gasteiger partial charge in [0.25, 0.3) is 0 Å². The van der Waals surface area contributed by atoms with Crippen molar-refractivity contribution in [3.05, 3.63) is 131 Å². The van der Waals surface area contributed by atoms with E-state index in [-0.39, 0.29) is 10.8 Å². The van der Waals surface area contributed by atoms with E-state index < -0.39 is 0 Å². The van der Waals surface area contributed by atoms with E-state index in [1.165, 1.54) is 56.1 Å². The molecule has 4 N–H and O–H groups in total. The van der Waals surface area contributed by atoms with Gasteiger partial charge in [-0.15, -0.1) is 0 Å². The fraction of sp³-hybridized carbons (Fsp3) is 0.409. The topological polar surface area (TPSA) is 48.1 Å². The number of hydrogen-bond donors (Lipinski definition) is 4. The van der Waals surface area contributed by atoms with Gasteiger partial charge in [0.2, 0.25) is 0 Å². The molecule has 0 aliphatic carbocycles. The molecule has 0 saturated heterocycles. The highest BCUT2D eigenvalue weighted by Gasteiger charge is 2.35. The molecule has 0 radical (unpaired) electrons. The first kappa shape index (κ1) is 36.7. The Morgan fingerprint density at radius 2 is 1.19 bits per heavy atom. The minimum absolute atomic E-state index is 0.0692. The van der Waals surface area contributed by atoms with Crippen LogP contribution in [0.3, 0.4) is 0 Å². The van der Waals surface area contributed by atoms with Crippen LogP contribution in [0.2, 0.25) is 0 Å². The Kier molecular flexibility index (Phi) is 12.4. The molecular formula is C44H60N4. The van der Waals surface area contributed by atoms with Gasteiger partial charge in [0, 0.05) is 52.2 Å². The maximum absolute atomic E-state index is 3.64. The summed E-state index contributed by atoms with van der Waals surface area (Å²) in [4.78, 5) is 0. The molecule has 0 saturated carbocycles. The Balaban J connectivity index is 0.000000206. The monoisotopic (exact) mass is 644 g/mol. The predicted molar refractivity (Wildman–Crippen MR) is 212 cm³/mol. The van der Waals surface area contributed by atoms with Crippen LogP contribution in [0.15, 0.2) is 97.2 Å². The van der Waals surface area contributed by atoms with E-state index in [1.807, 2.05) is 13.8 Å². The maximum atomic E-state index is 3.64. The molecule has 2 aliphatic heterocycles. The first-order chi connectivity index (χ1) is 23.1.